The Labute approximate surface area is 122 Å². The third kappa shape index (κ3) is 5.72. The molecule has 0 unspecified atom stereocenters. The molecule has 4 heteroatoms. The summed E-state index contributed by atoms with van der Waals surface area (Å²) < 4.78 is 5.16. The lowest BCUT2D eigenvalue weighted by atomic mass is 10.2. The molecule has 0 aromatic carbocycles. The maximum atomic E-state index is 5.16. The minimum atomic E-state index is 0.477. The zero-order valence-corrected chi connectivity index (χ0v) is 13.1. The minimum absolute atomic E-state index is 0.477. The molecule has 112 valence electrons. The van der Waals surface area contributed by atoms with Gasteiger partial charge in [0.15, 0.2) is 0 Å². The van der Waals surface area contributed by atoms with Crippen molar-refractivity contribution in [3.05, 3.63) is 36.0 Å². The standard InChI is InChI=1S/C16H27N3O/c1-6-7-19(8-9-20-5)16-11-15(10-14(4)18-16)12-17-13(2)3/h6,10-11,13,17H,1,7-9,12H2,2-5H3. The number of anilines is 1. The highest BCUT2D eigenvalue weighted by Gasteiger charge is 2.08. The molecule has 0 bridgehead atoms. The highest BCUT2D eigenvalue weighted by molar-refractivity contribution is 5.43. The van der Waals surface area contributed by atoms with Crippen LogP contribution in [-0.2, 0) is 11.3 Å². The Bertz CT molecular complexity index is 418. The zero-order chi connectivity index (χ0) is 15.0. The van der Waals surface area contributed by atoms with E-state index in [1.165, 1.54) is 5.56 Å². The molecule has 0 radical (unpaired) electrons. The Morgan fingerprint density at radius 1 is 1.45 bits per heavy atom. The molecule has 1 aromatic rings. The summed E-state index contributed by atoms with van der Waals surface area (Å²) >= 11 is 0. The molecule has 0 saturated heterocycles. The third-order valence-corrected chi connectivity index (χ3v) is 2.95. The molecule has 0 aliphatic rings. The van der Waals surface area contributed by atoms with Crippen molar-refractivity contribution in [1.29, 1.82) is 0 Å². The Hall–Kier alpha value is -1.39. The van der Waals surface area contributed by atoms with E-state index in [1.807, 2.05) is 13.0 Å². The number of nitrogens with zero attached hydrogens (tertiary/aromatic N) is 2. The number of hydrogen-bond donors (Lipinski definition) is 1. The van der Waals surface area contributed by atoms with Gasteiger partial charge in [0, 0.05) is 38.5 Å². The van der Waals surface area contributed by atoms with Crippen molar-refractivity contribution in [1.82, 2.24) is 10.3 Å². The third-order valence-electron chi connectivity index (χ3n) is 2.95. The summed E-state index contributed by atoms with van der Waals surface area (Å²) in [6, 6.07) is 4.74. The first-order chi connectivity index (χ1) is 9.56. The quantitative estimate of drug-likeness (QED) is 0.704. The van der Waals surface area contributed by atoms with Crippen molar-refractivity contribution < 1.29 is 4.74 Å². The van der Waals surface area contributed by atoms with Crippen LogP contribution in [0.15, 0.2) is 24.8 Å². The van der Waals surface area contributed by atoms with Gasteiger partial charge in [-0.15, -0.1) is 6.58 Å². The van der Waals surface area contributed by atoms with E-state index in [4.69, 9.17) is 4.74 Å². The number of ether oxygens (including phenoxy) is 1. The van der Waals surface area contributed by atoms with Gasteiger partial charge in [-0.3, -0.25) is 0 Å². The van der Waals surface area contributed by atoms with Crippen LogP contribution in [0.25, 0.3) is 0 Å². The van der Waals surface area contributed by atoms with Crippen LogP contribution in [0.4, 0.5) is 5.82 Å². The Morgan fingerprint density at radius 2 is 2.20 bits per heavy atom. The van der Waals surface area contributed by atoms with Crippen LogP contribution in [0.3, 0.4) is 0 Å². The van der Waals surface area contributed by atoms with Gasteiger partial charge >= 0.3 is 0 Å². The average Bonchev–Trinajstić information content (AvgIpc) is 2.40. The summed E-state index contributed by atoms with van der Waals surface area (Å²) in [4.78, 5) is 6.81. The molecule has 1 aromatic heterocycles. The summed E-state index contributed by atoms with van der Waals surface area (Å²) in [7, 11) is 1.72. The largest absolute Gasteiger partial charge is 0.383 e. The number of rotatable bonds is 9. The van der Waals surface area contributed by atoms with Gasteiger partial charge in [-0.25, -0.2) is 4.98 Å². The second kappa shape index (κ2) is 8.72. The van der Waals surface area contributed by atoms with Crippen molar-refractivity contribution in [3.63, 3.8) is 0 Å². The highest BCUT2D eigenvalue weighted by atomic mass is 16.5. The molecule has 0 spiro atoms. The van der Waals surface area contributed by atoms with Crippen LogP contribution >= 0.6 is 0 Å². The van der Waals surface area contributed by atoms with Crippen LogP contribution in [0.5, 0.6) is 0 Å². The van der Waals surface area contributed by atoms with Gasteiger partial charge in [0.25, 0.3) is 0 Å². The fraction of sp³-hybridized carbons (Fsp3) is 0.562. The van der Waals surface area contributed by atoms with Gasteiger partial charge in [-0.1, -0.05) is 19.9 Å². The number of hydrogen-bond acceptors (Lipinski definition) is 4. The zero-order valence-electron chi connectivity index (χ0n) is 13.1. The molecule has 1 heterocycles. The van der Waals surface area contributed by atoms with Crippen LogP contribution in [0, 0.1) is 6.92 Å². The Morgan fingerprint density at radius 3 is 2.80 bits per heavy atom. The van der Waals surface area contributed by atoms with Crippen molar-refractivity contribution in [3.8, 4) is 0 Å². The molecule has 1 N–H and O–H groups in total. The first-order valence-corrected chi connectivity index (χ1v) is 7.12. The van der Waals surface area contributed by atoms with Crippen molar-refractivity contribution >= 4 is 5.82 Å². The van der Waals surface area contributed by atoms with Gasteiger partial charge in [-0.2, -0.15) is 0 Å². The van der Waals surface area contributed by atoms with Crippen LogP contribution in [0.1, 0.15) is 25.1 Å². The summed E-state index contributed by atoms with van der Waals surface area (Å²) in [5.41, 5.74) is 2.29. The summed E-state index contributed by atoms with van der Waals surface area (Å²) in [5, 5.41) is 3.44. The molecule has 0 saturated carbocycles. The highest BCUT2D eigenvalue weighted by Crippen LogP contribution is 2.15. The first kappa shape index (κ1) is 16.7. The molecule has 0 aliphatic heterocycles. The van der Waals surface area contributed by atoms with E-state index in [9.17, 15) is 0 Å². The molecular formula is C16H27N3O. The van der Waals surface area contributed by atoms with Gasteiger partial charge < -0.3 is 15.0 Å². The van der Waals surface area contributed by atoms with Gasteiger partial charge in [-0.05, 0) is 24.6 Å². The molecular weight excluding hydrogens is 250 g/mol. The summed E-state index contributed by atoms with van der Waals surface area (Å²) in [6.07, 6.45) is 1.89. The molecule has 0 aliphatic carbocycles. The number of aryl methyl sites for hydroxylation is 1. The first-order valence-electron chi connectivity index (χ1n) is 7.12. The van der Waals surface area contributed by atoms with Gasteiger partial charge in [0.1, 0.15) is 5.82 Å². The predicted octanol–water partition coefficient (Wildman–Crippen LogP) is 2.53. The smallest absolute Gasteiger partial charge is 0.129 e. The Kier molecular flexibility index (Phi) is 7.26. The molecule has 20 heavy (non-hydrogen) atoms. The van der Waals surface area contributed by atoms with Crippen LogP contribution in [-0.4, -0.2) is 37.8 Å². The maximum Gasteiger partial charge on any atom is 0.129 e. The Balaban J connectivity index is 2.87. The van der Waals surface area contributed by atoms with Crippen LogP contribution < -0.4 is 10.2 Å². The predicted molar refractivity (Wildman–Crippen MR) is 85.2 cm³/mol. The van der Waals surface area contributed by atoms with E-state index in [-0.39, 0.29) is 0 Å². The van der Waals surface area contributed by atoms with E-state index in [1.54, 1.807) is 7.11 Å². The fourth-order valence-electron chi connectivity index (χ4n) is 1.96. The second-order valence-corrected chi connectivity index (χ2v) is 5.24. The lowest BCUT2D eigenvalue weighted by Gasteiger charge is -2.23. The number of aromatic nitrogens is 1. The van der Waals surface area contributed by atoms with Crippen molar-refractivity contribution in [2.24, 2.45) is 0 Å². The van der Waals surface area contributed by atoms with Gasteiger partial charge in [0.2, 0.25) is 0 Å². The summed E-state index contributed by atoms with van der Waals surface area (Å²) in [5.74, 6) is 0.988. The van der Waals surface area contributed by atoms with Gasteiger partial charge in [0.05, 0.1) is 6.61 Å². The number of nitrogens with one attached hydrogen (secondary N) is 1. The van der Waals surface area contributed by atoms with Crippen molar-refractivity contribution in [2.75, 3.05) is 31.7 Å². The molecule has 0 amide bonds. The monoisotopic (exact) mass is 277 g/mol. The minimum Gasteiger partial charge on any atom is -0.383 e. The maximum absolute atomic E-state index is 5.16. The fourth-order valence-corrected chi connectivity index (χ4v) is 1.96. The molecule has 0 atom stereocenters. The SMILES string of the molecule is C=CCN(CCOC)c1cc(CNC(C)C)cc(C)n1. The molecule has 4 nitrogen and oxygen atoms in total. The summed E-state index contributed by atoms with van der Waals surface area (Å²) in [6.45, 7) is 13.3. The topological polar surface area (TPSA) is 37.4 Å². The van der Waals surface area contributed by atoms with Crippen molar-refractivity contribution in [2.45, 2.75) is 33.4 Å². The molecule has 0 fully saturated rings. The van der Waals surface area contributed by atoms with E-state index >= 15 is 0 Å². The average molecular weight is 277 g/mol. The normalized spacial score (nSPS) is 10.8. The van der Waals surface area contributed by atoms with E-state index in [2.05, 4.69) is 47.8 Å². The lowest BCUT2D eigenvalue weighted by Crippen LogP contribution is -2.29. The lowest BCUT2D eigenvalue weighted by molar-refractivity contribution is 0.205. The second-order valence-electron chi connectivity index (χ2n) is 5.24. The number of pyridine rings is 1. The molecule has 1 rings (SSSR count). The van der Waals surface area contributed by atoms with E-state index < -0.39 is 0 Å². The van der Waals surface area contributed by atoms with Crippen LogP contribution in [0.2, 0.25) is 0 Å². The van der Waals surface area contributed by atoms with E-state index in [0.29, 0.717) is 12.6 Å². The number of methoxy groups -OCH3 is 1. The van der Waals surface area contributed by atoms with E-state index in [0.717, 1.165) is 31.1 Å².